The molecule has 3 heterocycles. The number of benzene rings is 8. The number of fused-ring (bicyclic) bond motifs is 6. The van der Waals surface area contributed by atoms with Crippen LogP contribution < -0.4 is 0 Å². The van der Waals surface area contributed by atoms with Gasteiger partial charge in [-0.2, -0.15) is 0 Å². The average molecular weight is 728 g/mol. The maximum absolute atomic E-state index is 9.78. The quantitative estimate of drug-likeness (QED) is 0.171. The number of hydrogen-bond donors (Lipinski definition) is 0. The Morgan fingerprint density at radius 2 is 0.982 bits per heavy atom. The molecule has 8 aromatic carbocycles. The van der Waals surface area contributed by atoms with Gasteiger partial charge in [-0.15, -0.1) is 0 Å². The van der Waals surface area contributed by atoms with Crippen molar-refractivity contribution in [3.8, 4) is 62.1 Å². The van der Waals surface area contributed by atoms with Crippen LogP contribution in [0.1, 0.15) is 15.1 Å². The lowest BCUT2D eigenvalue weighted by Gasteiger charge is -2.12. The lowest BCUT2D eigenvalue weighted by Crippen LogP contribution is -2.00. The summed E-state index contributed by atoms with van der Waals surface area (Å²) in [6.07, 6.45) is 0. The fourth-order valence-corrected chi connectivity index (χ4v) is 7.14. The summed E-state index contributed by atoms with van der Waals surface area (Å²) >= 11 is 0. The third-order valence-electron chi connectivity index (χ3n) is 9.82. The molecule has 0 radical (unpaired) electrons. The van der Waals surface area contributed by atoms with E-state index in [1.54, 1.807) is 10.6 Å². The number of furan rings is 1. The van der Waals surface area contributed by atoms with E-state index in [0.717, 1.165) is 33.0 Å². The van der Waals surface area contributed by atoms with E-state index < -0.39 is 66.5 Å². The predicted molar refractivity (Wildman–Crippen MR) is 229 cm³/mol. The Morgan fingerprint density at radius 3 is 1.79 bits per heavy atom. The van der Waals surface area contributed by atoms with Gasteiger partial charge in [-0.05, 0) is 64.6 Å². The van der Waals surface area contributed by atoms with Crippen LogP contribution in [0.3, 0.4) is 0 Å². The van der Waals surface area contributed by atoms with E-state index >= 15 is 0 Å². The maximum Gasteiger partial charge on any atom is 0.164 e. The molecule has 5 nitrogen and oxygen atoms in total. The van der Waals surface area contributed by atoms with Gasteiger partial charge in [0.1, 0.15) is 11.2 Å². The van der Waals surface area contributed by atoms with Crippen molar-refractivity contribution in [2.75, 3.05) is 0 Å². The summed E-state index contributed by atoms with van der Waals surface area (Å²) < 4.78 is 106. The van der Waals surface area contributed by atoms with E-state index in [1.165, 1.54) is 0 Å². The van der Waals surface area contributed by atoms with Crippen molar-refractivity contribution >= 4 is 43.7 Å². The molecule has 262 valence electrons. The second kappa shape index (κ2) is 13.0. The van der Waals surface area contributed by atoms with Gasteiger partial charge in [-0.25, -0.2) is 15.0 Å². The van der Waals surface area contributed by atoms with Gasteiger partial charge in [0.25, 0.3) is 0 Å². The number of aromatic nitrogens is 4. The zero-order chi connectivity index (χ0) is 46.6. The minimum Gasteiger partial charge on any atom is -0.456 e. The smallest absolute Gasteiger partial charge is 0.164 e. The van der Waals surface area contributed by atoms with Crippen LogP contribution in [-0.2, 0) is 0 Å². The molecule has 0 spiro atoms. The van der Waals surface area contributed by atoms with Gasteiger partial charge in [-0.3, -0.25) is 0 Å². The molecule has 0 fully saturated rings. The third kappa shape index (κ3) is 5.45. The van der Waals surface area contributed by atoms with Crippen LogP contribution in [0.4, 0.5) is 0 Å². The Balaban J connectivity index is 1.14. The van der Waals surface area contributed by atoms with E-state index in [4.69, 9.17) is 29.0 Å². The van der Waals surface area contributed by atoms with Crippen molar-refractivity contribution < 1.29 is 19.5 Å². The summed E-state index contributed by atoms with van der Waals surface area (Å²) in [6.45, 7) is 0. The lowest BCUT2D eigenvalue weighted by atomic mass is 10.0. The topological polar surface area (TPSA) is 56.7 Å². The highest BCUT2D eigenvalue weighted by atomic mass is 16.3. The van der Waals surface area contributed by atoms with Crippen molar-refractivity contribution in [3.63, 3.8) is 0 Å². The van der Waals surface area contributed by atoms with E-state index in [2.05, 4.69) is 0 Å². The monoisotopic (exact) mass is 727 g/mol. The summed E-state index contributed by atoms with van der Waals surface area (Å²) in [6, 6.07) is 34.5. The van der Waals surface area contributed by atoms with Crippen molar-refractivity contribution in [2.45, 2.75) is 0 Å². The minimum atomic E-state index is -0.621. The molecule has 0 unspecified atom stereocenters. The molecule has 11 aromatic rings. The molecule has 0 N–H and O–H groups in total. The average Bonchev–Trinajstić information content (AvgIpc) is 3.93. The fraction of sp³-hybridized carbons (Fsp3) is 0. The van der Waals surface area contributed by atoms with Crippen LogP contribution in [0.15, 0.2) is 198 Å². The van der Waals surface area contributed by atoms with Crippen molar-refractivity contribution in [3.05, 3.63) is 194 Å². The summed E-state index contributed by atoms with van der Waals surface area (Å²) in [7, 11) is 0. The normalized spacial score (nSPS) is 14.3. The van der Waals surface area contributed by atoms with Crippen LogP contribution in [0.5, 0.6) is 0 Å². The fourth-order valence-electron chi connectivity index (χ4n) is 7.14. The standard InChI is InChI=1S/C51H32N4O/c1-3-12-33(13-4-1)34-22-24-36(25-23-34)50-52-49(35-14-5-2-6-15-35)53-51(54-50)39-27-28-42-41-18-7-9-20-45(41)55(46(42)31-39)40-17-11-16-37(30-40)38-26-29-44-43-19-8-10-21-47(43)56-48(44)32-38/h1-32H/i8D,10D,11D,16D,17D,19D,21D,26D,29D,30D,32D. The summed E-state index contributed by atoms with van der Waals surface area (Å²) in [5.74, 6) is 1.22. The summed E-state index contributed by atoms with van der Waals surface area (Å²) in [4.78, 5) is 14.9. The predicted octanol–water partition coefficient (Wildman–Crippen LogP) is 13.2. The highest BCUT2D eigenvalue weighted by Crippen LogP contribution is 2.37. The molecule has 11 rings (SSSR count). The highest BCUT2D eigenvalue weighted by molar-refractivity contribution is 6.10. The van der Waals surface area contributed by atoms with E-state index in [9.17, 15) is 5.48 Å². The minimum absolute atomic E-state index is 0.117. The van der Waals surface area contributed by atoms with Crippen LogP contribution >= 0.6 is 0 Å². The number of nitrogens with zero attached hydrogens (tertiary/aromatic N) is 4. The first-order valence-corrected chi connectivity index (χ1v) is 17.9. The molecule has 0 aliphatic carbocycles. The largest absolute Gasteiger partial charge is 0.456 e. The van der Waals surface area contributed by atoms with Gasteiger partial charge in [0.15, 0.2) is 17.5 Å². The van der Waals surface area contributed by atoms with E-state index in [1.807, 2.05) is 121 Å². The molecule has 56 heavy (non-hydrogen) atoms. The van der Waals surface area contributed by atoms with Crippen LogP contribution in [0, 0.1) is 0 Å². The second-order valence-corrected chi connectivity index (χ2v) is 13.2. The molecule has 3 aromatic heterocycles. The molecular weight excluding hydrogens is 685 g/mol. The Bertz CT molecular complexity index is 3880. The third-order valence-corrected chi connectivity index (χ3v) is 9.82. The summed E-state index contributed by atoms with van der Waals surface area (Å²) in [5.41, 5.74) is 3.78. The zero-order valence-electron chi connectivity index (χ0n) is 40.3. The Labute approximate surface area is 338 Å². The molecule has 0 amide bonds. The highest BCUT2D eigenvalue weighted by Gasteiger charge is 2.17. The molecule has 5 heteroatoms. The van der Waals surface area contributed by atoms with Crippen LogP contribution in [-0.4, -0.2) is 19.5 Å². The molecule has 0 aliphatic rings. The molecular formula is C51H32N4O. The van der Waals surface area contributed by atoms with Gasteiger partial charge in [0.2, 0.25) is 0 Å². The molecule has 0 bridgehead atoms. The first-order chi connectivity index (χ1) is 32.3. The summed E-state index contributed by atoms with van der Waals surface area (Å²) in [5, 5.41) is 1.14. The van der Waals surface area contributed by atoms with E-state index in [-0.39, 0.29) is 38.8 Å². The van der Waals surface area contributed by atoms with Crippen molar-refractivity contribution in [1.82, 2.24) is 19.5 Å². The Kier molecular flexibility index (Phi) is 5.25. The van der Waals surface area contributed by atoms with Gasteiger partial charge >= 0.3 is 0 Å². The number of para-hydroxylation sites is 2. The van der Waals surface area contributed by atoms with Gasteiger partial charge in [-0.1, -0.05) is 152 Å². The second-order valence-electron chi connectivity index (χ2n) is 13.2. The molecule has 0 saturated carbocycles. The molecule has 0 aliphatic heterocycles. The lowest BCUT2D eigenvalue weighted by molar-refractivity contribution is 0.669. The number of hydrogen-bond acceptors (Lipinski definition) is 4. The molecule has 0 atom stereocenters. The van der Waals surface area contributed by atoms with Crippen molar-refractivity contribution in [1.29, 1.82) is 0 Å². The van der Waals surface area contributed by atoms with Gasteiger partial charge in [0.05, 0.1) is 26.1 Å². The zero-order valence-corrected chi connectivity index (χ0v) is 29.3. The first kappa shape index (κ1) is 22.6. The van der Waals surface area contributed by atoms with Gasteiger partial charge in [0, 0.05) is 43.9 Å². The SMILES string of the molecule is [2H]c1c([2H])c(-c2c([2H])c([2H])c3c(oc4c([2H])c([2H])c([2H])c([2H])c43)c2[2H])c([2H])c(-n2c3ccccc3c3ccc(-c4nc(-c5ccccc5)nc(-c5ccc(-c6ccccc6)cc5)n4)cc32)c1[2H]. The maximum atomic E-state index is 9.78. The first-order valence-electron chi connectivity index (χ1n) is 23.4. The Hall–Kier alpha value is -7.63. The van der Waals surface area contributed by atoms with Gasteiger partial charge < -0.3 is 8.98 Å². The number of rotatable bonds is 6. The molecule has 0 saturated heterocycles. The van der Waals surface area contributed by atoms with E-state index in [0.29, 0.717) is 34.1 Å². The van der Waals surface area contributed by atoms with Crippen molar-refractivity contribution in [2.24, 2.45) is 0 Å². The van der Waals surface area contributed by atoms with Crippen LogP contribution in [0.25, 0.3) is 106 Å². The van der Waals surface area contributed by atoms with Crippen LogP contribution in [0.2, 0.25) is 0 Å². The Morgan fingerprint density at radius 1 is 0.393 bits per heavy atom.